The molecule has 1 atom stereocenters. The summed E-state index contributed by atoms with van der Waals surface area (Å²) >= 11 is 0. The molecule has 1 aromatic heterocycles. The van der Waals surface area contributed by atoms with Crippen molar-refractivity contribution < 1.29 is 23.7 Å². The third-order valence-corrected chi connectivity index (χ3v) is 6.88. The maximum Gasteiger partial charge on any atom is 0.270 e. The number of ether oxygens (including phenoxy) is 4. The van der Waals surface area contributed by atoms with Gasteiger partial charge in [0, 0.05) is 50.4 Å². The van der Waals surface area contributed by atoms with Gasteiger partial charge in [0.05, 0.1) is 13.2 Å². The first-order valence-corrected chi connectivity index (χ1v) is 12.9. The van der Waals surface area contributed by atoms with Crippen LogP contribution in [0.1, 0.15) is 50.0 Å². The fourth-order valence-electron chi connectivity index (χ4n) is 4.75. The second-order valence-electron chi connectivity index (χ2n) is 9.77. The summed E-state index contributed by atoms with van der Waals surface area (Å²) in [6, 6.07) is 8.11. The second kappa shape index (κ2) is 12.5. The number of methoxy groups -OCH3 is 1. The number of hydrogen-bond acceptors (Lipinski definition) is 7. The Kier molecular flexibility index (Phi) is 9.18. The number of benzene rings is 1. The minimum Gasteiger partial charge on any atom is -0.491 e. The van der Waals surface area contributed by atoms with E-state index in [0.29, 0.717) is 54.5 Å². The molecule has 1 amide bonds. The van der Waals surface area contributed by atoms with E-state index in [1.807, 2.05) is 18.2 Å². The summed E-state index contributed by atoms with van der Waals surface area (Å²) in [6.45, 7) is 9.32. The first kappa shape index (κ1) is 25.7. The molecule has 0 aliphatic carbocycles. The molecule has 1 N–H and O–H groups in total. The van der Waals surface area contributed by atoms with Gasteiger partial charge in [0.2, 0.25) is 0 Å². The van der Waals surface area contributed by atoms with E-state index >= 15 is 0 Å². The number of carbonyl (C=O) groups is 1. The van der Waals surface area contributed by atoms with Crippen LogP contribution in [0.15, 0.2) is 24.3 Å². The van der Waals surface area contributed by atoms with E-state index in [2.05, 4.69) is 24.1 Å². The molecule has 0 unspecified atom stereocenters. The number of nitrogens with one attached hydrogen (secondary N) is 1. The molecule has 2 aliphatic rings. The van der Waals surface area contributed by atoms with Crippen LogP contribution in [0.5, 0.6) is 11.5 Å². The van der Waals surface area contributed by atoms with Crippen molar-refractivity contribution in [2.24, 2.45) is 5.92 Å². The molecule has 0 spiro atoms. The molecule has 192 valence electrons. The summed E-state index contributed by atoms with van der Waals surface area (Å²) in [4.78, 5) is 20.5. The van der Waals surface area contributed by atoms with Crippen LogP contribution in [0.3, 0.4) is 0 Å². The van der Waals surface area contributed by atoms with Crippen molar-refractivity contribution in [1.82, 2.24) is 15.2 Å². The third-order valence-electron chi connectivity index (χ3n) is 6.88. The van der Waals surface area contributed by atoms with E-state index in [4.69, 9.17) is 23.9 Å². The average molecular weight is 486 g/mol. The summed E-state index contributed by atoms with van der Waals surface area (Å²) in [5.74, 6) is 1.56. The van der Waals surface area contributed by atoms with Crippen molar-refractivity contribution in [2.75, 3.05) is 53.2 Å². The predicted molar refractivity (Wildman–Crippen MR) is 135 cm³/mol. The highest BCUT2D eigenvalue weighted by Gasteiger charge is 2.25. The Labute approximate surface area is 208 Å². The third kappa shape index (κ3) is 6.84. The van der Waals surface area contributed by atoms with Gasteiger partial charge in [-0.15, -0.1) is 0 Å². The van der Waals surface area contributed by atoms with E-state index in [9.17, 15) is 4.79 Å². The highest BCUT2D eigenvalue weighted by Crippen LogP contribution is 2.32. The van der Waals surface area contributed by atoms with Gasteiger partial charge in [-0.1, -0.05) is 6.07 Å². The standard InChI is InChI=1S/C27H39N3O5/c1-19(2)30-11-5-6-21(17-30)28-27(31)23-16-25(34-15-14-32-3)22-7-4-8-24(26(22)29-23)35-18-20-9-12-33-13-10-20/h4,7-8,16,19-21H,5-6,9-15,17-18H2,1-3H3,(H,28,31)/t21-/m1/s1. The summed E-state index contributed by atoms with van der Waals surface area (Å²) in [7, 11) is 1.64. The number of likely N-dealkylation sites (tertiary alicyclic amines) is 1. The van der Waals surface area contributed by atoms with Crippen molar-refractivity contribution in [3.8, 4) is 11.5 Å². The average Bonchev–Trinajstić information content (AvgIpc) is 2.88. The highest BCUT2D eigenvalue weighted by molar-refractivity contribution is 5.98. The van der Waals surface area contributed by atoms with Gasteiger partial charge in [0.25, 0.3) is 5.91 Å². The molecule has 0 radical (unpaired) electrons. The molecule has 2 aromatic rings. The number of carbonyl (C=O) groups excluding carboxylic acids is 1. The Morgan fingerprint density at radius 2 is 2.00 bits per heavy atom. The van der Waals surface area contributed by atoms with Gasteiger partial charge in [-0.3, -0.25) is 9.69 Å². The molecule has 2 fully saturated rings. The van der Waals surface area contributed by atoms with Gasteiger partial charge in [-0.25, -0.2) is 4.98 Å². The van der Waals surface area contributed by atoms with Crippen molar-refractivity contribution in [1.29, 1.82) is 0 Å². The van der Waals surface area contributed by atoms with Crippen LogP contribution in [0.2, 0.25) is 0 Å². The first-order chi connectivity index (χ1) is 17.0. The van der Waals surface area contributed by atoms with Gasteiger partial charge in [0.15, 0.2) is 0 Å². The van der Waals surface area contributed by atoms with Crippen LogP contribution in [0.4, 0.5) is 0 Å². The van der Waals surface area contributed by atoms with Crippen LogP contribution < -0.4 is 14.8 Å². The van der Waals surface area contributed by atoms with E-state index in [-0.39, 0.29) is 11.9 Å². The van der Waals surface area contributed by atoms with E-state index in [1.165, 1.54) is 0 Å². The van der Waals surface area contributed by atoms with Crippen LogP contribution >= 0.6 is 0 Å². The van der Waals surface area contributed by atoms with E-state index in [0.717, 1.165) is 57.4 Å². The molecule has 4 rings (SSSR count). The normalized spacial score (nSPS) is 19.7. The fourth-order valence-corrected chi connectivity index (χ4v) is 4.75. The molecule has 0 bridgehead atoms. The lowest BCUT2D eigenvalue weighted by Gasteiger charge is -2.35. The van der Waals surface area contributed by atoms with Gasteiger partial charge < -0.3 is 24.3 Å². The van der Waals surface area contributed by atoms with Crippen LogP contribution in [-0.2, 0) is 9.47 Å². The van der Waals surface area contributed by atoms with Gasteiger partial charge in [-0.05, 0) is 64.1 Å². The van der Waals surface area contributed by atoms with Crippen LogP contribution in [0.25, 0.3) is 10.9 Å². The zero-order valence-electron chi connectivity index (χ0n) is 21.3. The molecule has 1 aromatic carbocycles. The second-order valence-corrected chi connectivity index (χ2v) is 9.77. The largest absolute Gasteiger partial charge is 0.491 e. The molecule has 35 heavy (non-hydrogen) atoms. The highest BCUT2D eigenvalue weighted by atomic mass is 16.5. The van der Waals surface area contributed by atoms with Gasteiger partial charge in [-0.2, -0.15) is 0 Å². The van der Waals surface area contributed by atoms with Crippen molar-refractivity contribution >= 4 is 16.8 Å². The molecule has 2 aliphatic heterocycles. The molecule has 2 saturated heterocycles. The number of fused-ring (bicyclic) bond motifs is 1. The summed E-state index contributed by atoms with van der Waals surface area (Å²) in [5.41, 5.74) is 0.987. The van der Waals surface area contributed by atoms with Crippen LogP contribution in [-0.4, -0.2) is 81.1 Å². The van der Waals surface area contributed by atoms with Crippen molar-refractivity contribution in [3.63, 3.8) is 0 Å². The number of pyridine rings is 1. The molecule has 8 heteroatoms. The Balaban J connectivity index is 1.57. The first-order valence-electron chi connectivity index (χ1n) is 12.9. The Hall–Kier alpha value is -2.42. The van der Waals surface area contributed by atoms with Crippen molar-refractivity contribution in [2.45, 2.75) is 51.6 Å². The Morgan fingerprint density at radius 3 is 2.77 bits per heavy atom. The zero-order chi connectivity index (χ0) is 24.6. The summed E-state index contributed by atoms with van der Waals surface area (Å²) in [6.07, 6.45) is 4.03. The number of rotatable bonds is 10. The minimum atomic E-state index is -0.182. The lowest BCUT2D eigenvalue weighted by Crippen LogP contribution is -2.49. The number of piperidine rings is 1. The molecular weight excluding hydrogens is 446 g/mol. The number of nitrogens with zero attached hydrogens (tertiary/aromatic N) is 2. The number of hydrogen-bond donors (Lipinski definition) is 1. The summed E-state index contributed by atoms with van der Waals surface area (Å²) < 4.78 is 22.9. The lowest BCUT2D eigenvalue weighted by atomic mass is 10.0. The molecule has 8 nitrogen and oxygen atoms in total. The van der Waals surface area contributed by atoms with Crippen molar-refractivity contribution in [3.05, 3.63) is 30.0 Å². The monoisotopic (exact) mass is 485 g/mol. The number of para-hydroxylation sites is 1. The number of amides is 1. The molecular formula is C27H39N3O5. The predicted octanol–water partition coefficient (Wildman–Crippen LogP) is 3.67. The Morgan fingerprint density at radius 1 is 1.17 bits per heavy atom. The SMILES string of the molecule is COCCOc1cc(C(=O)N[C@@H]2CCCN(C(C)C)C2)nc2c(OCC3CCOCC3)cccc12. The summed E-state index contributed by atoms with van der Waals surface area (Å²) in [5, 5.41) is 4.03. The van der Waals surface area contributed by atoms with Gasteiger partial charge in [0.1, 0.15) is 29.3 Å². The Bertz CT molecular complexity index is 977. The number of aromatic nitrogens is 1. The lowest BCUT2D eigenvalue weighted by molar-refractivity contribution is 0.0499. The quantitative estimate of drug-likeness (QED) is 0.514. The van der Waals surface area contributed by atoms with Gasteiger partial charge >= 0.3 is 0 Å². The maximum atomic E-state index is 13.3. The maximum absolute atomic E-state index is 13.3. The minimum absolute atomic E-state index is 0.106. The molecule has 3 heterocycles. The molecule has 0 saturated carbocycles. The fraction of sp³-hybridized carbons (Fsp3) is 0.630. The topological polar surface area (TPSA) is 82.2 Å². The van der Waals surface area contributed by atoms with Crippen LogP contribution in [0, 0.1) is 5.92 Å². The zero-order valence-corrected chi connectivity index (χ0v) is 21.3. The van der Waals surface area contributed by atoms with E-state index in [1.54, 1.807) is 13.2 Å². The van der Waals surface area contributed by atoms with E-state index < -0.39 is 0 Å². The smallest absolute Gasteiger partial charge is 0.270 e.